The molecule has 0 aromatic heterocycles. The van der Waals surface area contributed by atoms with Gasteiger partial charge < -0.3 is 10.5 Å². The van der Waals surface area contributed by atoms with Crippen molar-refractivity contribution in [2.75, 3.05) is 18.9 Å². The van der Waals surface area contributed by atoms with Crippen molar-refractivity contribution in [3.05, 3.63) is 22.7 Å². The zero-order valence-corrected chi connectivity index (χ0v) is 13.8. The first kappa shape index (κ1) is 16.5. The van der Waals surface area contributed by atoms with Gasteiger partial charge in [-0.05, 0) is 37.5 Å². The second-order valence-electron chi connectivity index (χ2n) is 5.36. The summed E-state index contributed by atoms with van der Waals surface area (Å²) in [6, 6.07) is 2.97. The summed E-state index contributed by atoms with van der Waals surface area (Å²) in [5.74, 6) is 0.217. The lowest BCUT2D eigenvalue weighted by molar-refractivity contribution is 0.0884. The number of benzene rings is 1. The van der Waals surface area contributed by atoms with Gasteiger partial charge in [-0.2, -0.15) is 0 Å². The molecule has 3 N–H and O–H groups in total. The van der Waals surface area contributed by atoms with Crippen LogP contribution in [0.2, 0.25) is 5.02 Å². The highest BCUT2D eigenvalue weighted by Crippen LogP contribution is 2.27. The fraction of sp³-hybridized carbons (Fsp3) is 0.571. The predicted molar refractivity (Wildman–Crippen MR) is 83.9 cm³/mol. The van der Waals surface area contributed by atoms with E-state index in [-0.39, 0.29) is 22.6 Å². The van der Waals surface area contributed by atoms with Gasteiger partial charge in [0.2, 0.25) is 10.0 Å². The van der Waals surface area contributed by atoms with Crippen LogP contribution in [-0.4, -0.2) is 27.7 Å². The summed E-state index contributed by atoms with van der Waals surface area (Å²) < 4.78 is 33.1. The lowest BCUT2D eigenvalue weighted by atomic mass is 10.0. The first-order chi connectivity index (χ1) is 9.85. The minimum Gasteiger partial charge on any atom is -0.397 e. The normalized spacial score (nSPS) is 22.6. The number of nitrogens with one attached hydrogen (secondary N) is 1. The second kappa shape index (κ2) is 6.52. The van der Waals surface area contributed by atoms with Gasteiger partial charge in [0.25, 0.3) is 0 Å². The van der Waals surface area contributed by atoms with E-state index >= 15 is 0 Å². The summed E-state index contributed by atoms with van der Waals surface area (Å²) >= 11 is 5.90. The Morgan fingerprint density at radius 1 is 1.48 bits per heavy atom. The van der Waals surface area contributed by atoms with E-state index in [1.165, 1.54) is 6.07 Å². The summed E-state index contributed by atoms with van der Waals surface area (Å²) in [6.45, 7) is 4.82. The molecule has 7 heteroatoms. The molecule has 5 nitrogen and oxygen atoms in total. The third-order valence-corrected chi connectivity index (χ3v) is 5.76. The third-order valence-electron chi connectivity index (χ3n) is 3.87. The molecule has 0 amide bonds. The molecule has 0 radical (unpaired) electrons. The number of halogens is 1. The SMILES string of the molecule is CCC1OCCC1CNS(=O)(=O)c1cc(N)c(Cl)cc1C. The average molecular weight is 333 g/mol. The summed E-state index contributed by atoms with van der Waals surface area (Å²) in [5, 5.41) is 0.363. The van der Waals surface area contributed by atoms with Crippen molar-refractivity contribution < 1.29 is 13.2 Å². The molecule has 1 saturated heterocycles. The summed E-state index contributed by atoms with van der Waals surface area (Å²) in [7, 11) is -3.59. The van der Waals surface area contributed by atoms with Gasteiger partial charge in [-0.1, -0.05) is 18.5 Å². The first-order valence-corrected chi connectivity index (χ1v) is 8.88. The van der Waals surface area contributed by atoms with Crippen molar-refractivity contribution in [3.63, 3.8) is 0 Å². The number of anilines is 1. The van der Waals surface area contributed by atoms with Crippen molar-refractivity contribution in [2.24, 2.45) is 5.92 Å². The van der Waals surface area contributed by atoms with Crippen LogP contribution < -0.4 is 10.5 Å². The number of aryl methyl sites for hydroxylation is 1. The molecule has 118 valence electrons. The molecular weight excluding hydrogens is 312 g/mol. The molecule has 0 bridgehead atoms. The topological polar surface area (TPSA) is 81.4 Å². The molecule has 1 aromatic carbocycles. The van der Waals surface area contributed by atoms with Crippen molar-refractivity contribution >= 4 is 27.3 Å². The average Bonchev–Trinajstić information content (AvgIpc) is 2.88. The largest absolute Gasteiger partial charge is 0.397 e. The smallest absolute Gasteiger partial charge is 0.240 e. The zero-order chi connectivity index (χ0) is 15.6. The van der Waals surface area contributed by atoms with E-state index in [2.05, 4.69) is 4.72 Å². The molecule has 0 spiro atoms. The molecular formula is C14H21ClN2O3S. The highest BCUT2D eigenvalue weighted by Gasteiger charge is 2.28. The van der Waals surface area contributed by atoms with E-state index in [1.54, 1.807) is 13.0 Å². The Hall–Kier alpha value is -0.820. The molecule has 0 saturated carbocycles. The molecule has 1 aliphatic rings. The second-order valence-corrected chi connectivity index (χ2v) is 7.50. The van der Waals surface area contributed by atoms with Crippen LogP contribution >= 0.6 is 11.6 Å². The van der Waals surface area contributed by atoms with Gasteiger partial charge in [0.05, 0.1) is 21.7 Å². The number of nitrogen functional groups attached to an aromatic ring is 1. The fourth-order valence-corrected chi connectivity index (χ4v) is 4.20. The molecule has 2 rings (SSSR count). The van der Waals surface area contributed by atoms with Crippen molar-refractivity contribution in [1.82, 2.24) is 4.72 Å². The van der Waals surface area contributed by atoms with Crippen molar-refractivity contribution in [1.29, 1.82) is 0 Å². The van der Waals surface area contributed by atoms with Crippen molar-refractivity contribution in [2.45, 2.75) is 37.7 Å². The van der Waals surface area contributed by atoms with Gasteiger partial charge in [-0.15, -0.1) is 0 Å². The van der Waals surface area contributed by atoms with Crippen LogP contribution in [-0.2, 0) is 14.8 Å². The minimum atomic E-state index is -3.59. The lowest BCUT2D eigenvalue weighted by Gasteiger charge is -2.18. The molecule has 2 atom stereocenters. The molecule has 2 unspecified atom stereocenters. The van der Waals surface area contributed by atoms with Gasteiger partial charge in [-0.3, -0.25) is 0 Å². The van der Waals surface area contributed by atoms with Crippen LogP contribution in [0.15, 0.2) is 17.0 Å². The minimum absolute atomic E-state index is 0.129. The third kappa shape index (κ3) is 3.69. The molecule has 21 heavy (non-hydrogen) atoms. The maximum atomic E-state index is 12.4. The Balaban J connectivity index is 2.14. The molecule has 1 fully saturated rings. The number of nitrogens with two attached hydrogens (primary N) is 1. The van der Waals surface area contributed by atoms with Crippen molar-refractivity contribution in [3.8, 4) is 0 Å². The van der Waals surface area contributed by atoms with Gasteiger partial charge in [0, 0.05) is 19.1 Å². The molecule has 0 aliphatic carbocycles. The van der Waals surface area contributed by atoms with Crippen LogP contribution in [0, 0.1) is 12.8 Å². The van der Waals surface area contributed by atoms with E-state index in [9.17, 15) is 8.42 Å². The Morgan fingerprint density at radius 3 is 2.86 bits per heavy atom. The number of ether oxygens (including phenoxy) is 1. The quantitative estimate of drug-likeness (QED) is 0.811. The number of rotatable bonds is 5. The highest BCUT2D eigenvalue weighted by atomic mass is 35.5. The Kier molecular flexibility index (Phi) is 5.14. The van der Waals surface area contributed by atoms with Crippen LogP contribution in [0.25, 0.3) is 0 Å². The van der Waals surface area contributed by atoms with E-state index in [0.717, 1.165) is 12.8 Å². The van der Waals surface area contributed by atoms with E-state index in [0.29, 0.717) is 23.7 Å². The van der Waals surface area contributed by atoms with Gasteiger partial charge in [-0.25, -0.2) is 13.1 Å². The van der Waals surface area contributed by atoms with Gasteiger partial charge in [0.15, 0.2) is 0 Å². The molecule has 1 aromatic rings. The Morgan fingerprint density at radius 2 is 2.19 bits per heavy atom. The van der Waals surface area contributed by atoms with E-state index < -0.39 is 10.0 Å². The molecule has 1 heterocycles. The molecule has 1 aliphatic heterocycles. The van der Waals surface area contributed by atoms with Crippen LogP contribution in [0.3, 0.4) is 0 Å². The van der Waals surface area contributed by atoms with Gasteiger partial charge >= 0.3 is 0 Å². The maximum Gasteiger partial charge on any atom is 0.240 e. The predicted octanol–water partition coefficient (Wildman–Crippen LogP) is 2.32. The lowest BCUT2D eigenvalue weighted by Crippen LogP contribution is -2.33. The van der Waals surface area contributed by atoms with Gasteiger partial charge in [0.1, 0.15) is 0 Å². The Labute approximate surface area is 130 Å². The van der Waals surface area contributed by atoms with E-state index in [1.807, 2.05) is 6.92 Å². The van der Waals surface area contributed by atoms with Crippen LogP contribution in [0.5, 0.6) is 0 Å². The number of hydrogen-bond donors (Lipinski definition) is 2. The summed E-state index contributed by atoms with van der Waals surface area (Å²) in [5.41, 5.74) is 6.55. The highest BCUT2D eigenvalue weighted by molar-refractivity contribution is 7.89. The maximum absolute atomic E-state index is 12.4. The summed E-state index contributed by atoms with van der Waals surface area (Å²) in [6.07, 6.45) is 1.89. The summed E-state index contributed by atoms with van der Waals surface area (Å²) in [4.78, 5) is 0.177. The number of sulfonamides is 1. The van der Waals surface area contributed by atoms with Crippen LogP contribution in [0.1, 0.15) is 25.3 Å². The monoisotopic (exact) mass is 332 g/mol. The first-order valence-electron chi connectivity index (χ1n) is 7.02. The standard InChI is InChI=1S/C14H21ClN2O3S/c1-3-13-10(4-5-20-13)8-17-21(18,19)14-7-12(16)11(15)6-9(14)2/h6-7,10,13,17H,3-5,8,16H2,1-2H3. The Bertz CT molecular complexity index is 619. The zero-order valence-electron chi connectivity index (χ0n) is 12.2. The van der Waals surface area contributed by atoms with E-state index in [4.69, 9.17) is 22.1 Å². The van der Waals surface area contributed by atoms with Crippen LogP contribution in [0.4, 0.5) is 5.69 Å². The fourth-order valence-electron chi connectivity index (χ4n) is 2.63. The number of hydrogen-bond acceptors (Lipinski definition) is 4.